The van der Waals surface area contributed by atoms with Crippen LogP contribution in [0, 0.1) is 0 Å². The molecule has 2 aliphatic rings. The molecule has 1 aromatic rings. The summed E-state index contributed by atoms with van der Waals surface area (Å²) in [5.41, 5.74) is 1.69. The molecule has 0 amide bonds. The predicted molar refractivity (Wildman–Crippen MR) is 73.0 cm³/mol. The zero-order valence-corrected chi connectivity index (χ0v) is 12.2. The highest BCUT2D eigenvalue weighted by Crippen LogP contribution is 2.38. The second kappa shape index (κ2) is 4.14. The van der Waals surface area contributed by atoms with Crippen LogP contribution in [0.2, 0.25) is 0 Å². The third kappa shape index (κ3) is 2.01. The summed E-state index contributed by atoms with van der Waals surface area (Å²) in [6, 6.07) is 0. The molecule has 7 heteroatoms. The van der Waals surface area contributed by atoms with Crippen molar-refractivity contribution in [1.29, 1.82) is 0 Å². The molecule has 3 heterocycles. The van der Waals surface area contributed by atoms with Gasteiger partial charge in [0, 0.05) is 44.9 Å². The topological polar surface area (TPSA) is 66.4 Å². The third-order valence-corrected chi connectivity index (χ3v) is 6.02. The molecule has 0 spiro atoms. The summed E-state index contributed by atoms with van der Waals surface area (Å²) in [5, 5.41) is -0.310. The van der Waals surface area contributed by atoms with E-state index < -0.39 is 9.84 Å². The maximum atomic E-state index is 12.3. The van der Waals surface area contributed by atoms with E-state index in [0.717, 1.165) is 17.8 Å². The van der Waals surface area contributed by atoms with Crippen LogP contribution in [-0.2, 0) is 15.6 Å². The SMILES string of the molecule is CN1C[C@@H]2c3nc(N(C)C)ncc3CS(=O)(=O)[C@@H]2C1. The number of nitrogens with zero attached hydrogens (tertiary/aromatic N) is 4. The van der Waals surface area contributed by atoms with Crippen molar-refractivity contribution in [3.05, 3.63) is 17.5 Å². The van der Waals surface area contributed by atoms with Crippen molar-refractivity contribution in [3.8, 4) is 0 Å². The van der Waals surface area contributed by atoms with Crippen LogP contribution < -0.4 is 4.90 Å². The van der Waals surface area contributed by atoms with Crippen LogP contribution in [0.5, 0.6) is 0 Å². The summed E-state index contributed by atoms with van der Waals surface area (Å²) < 4.78 is 24.6. The van der Waals surface area contributed by atoms with E-state index in [1.807, 2.05) is 26.0 Å². The van der Waals surface area contributed by atoms with Gasteiger partial charge in [-0.25, -0.2) is 18.4 Å². The molecule has 19 heavy (non-hydrogen) atoms. The highest BCUT2D eigenvalue weighted by molar-refractivity contribution is 7.91. The number of hydrogen-bond donors (Lipinski definition) is 0. The van der Waals surface area contributed by atoms with Crippen molar-refractivity contribution < 1.29 is 8.42 Å². The quantitative estimate of drug-likeness (QED) is 0.715. The Balaban J connectivity index is 2.12. The van der Waals surface area contributed by atoms with Gasteiger partial charge in [-0.15, -0.1) is 0 Å². The van der Waals surface area contributed by atoms with E-state index in [9.17, 15) is 8.42 Å². The van der Waals surface area contributed by atoms with Gasteiger partial charge in [-0.2, -0.15) is 0 Å². The predicted octanol–water partition coefficient (Wildman–Crippen LogP) is -0.131. The Bertz CT molecular complexity index is 614. The van der Waals surface area contributed by atoms with Crippen molar-refractivity contribution in [2.75, 3.05) is 39.1 Å². The number of fused-ring (bicyclic) bond motifs is 3. The fourth-order valence-electron chi connectivity index (χ4n) is 2.97. The van der Waals surface area contributed by atoms with E-state index in [1.165, 1.54) is 0 Å². The fraction of sp³-hybridized carbons (Fsp3) is 0.667. The van der Waals surface area contributed by atoms with Crippen LogP contribution >= 0.6 is 0 Å². The molecule has 3 rings (SSSR count). The molecule has 2 atom stereocenters. The molecule has 0 radical (unpaired) electrons. The molecule has 1 aromatic heterocycles. The van der Waals surface area contributed by atoms with Gasteiger partial charge in [-0.05, 0) is 7.05 Å². The lowest BCUT2D eigenvalue weighted by Crippen LogP contribution is -2.35. The largest absolute Gasteiger partial charge is 0.347 e. The Morgan fingerprint density at radius 1 is 1.37 bits per heavy atom. The van der Waals surface area contributed by atoms with Gasteiger partial charge in [-0.3, -0.25) is 0 Å². The summed E-state index contributed by atoms with van der Waals surface area (Å²) in [4.78, 5) is 12.7. The molecular formula is C12H18N4O2S. The van der Waals surface area contributed by atoms with E-state index in [4.69, 9.17) is 0 Å². The van der Waals surface area contributed by atoms with Gasteiger partial charge in [0.2, 0.25) is 5.95 Å². The number of sulfone groups is 1. The Hall–Kier alpha value is -1.21. The summed E-state index contributed by atoms with van der Waals surface area (Å²) in [5.74, 6) is 0.706. The maximum Gasteiger partial charge on any atom is 0.225 e. The van der Waals surface area contributed by atoms with Crippen LogP contribution in [0.15, 0.2) is 6.20 Å². The molecule has 104 valence electrons. The van der Waals surface area contributed by atoms with Crippen LogP contribution in [0.25, 0.3) is 0 Å². The molecule has 0 aromatic carbocycles. The number of rotatable bonds is 1. The lowest BCUT2D eigenvalue weighted by Gasteiger charge is -2.27. The second-order valence-corrected chi connectivity index (χ2v) is 7.87. The fourth-order valence-corrected chi connectivity index (χ4v) is 5.04. The Morgan fingerprint density at radius 3 is 2.79 bits per heavy atom. The first-order valence-electron chi connectivity index (χ1n) is 6.32. The minimum absolute atomic E-state index is 0.0135. The van der Waals surface area contributed by atoms with Crippen LogP contribution in [0.3, 0.4) is 0 Å². The van der Waals surface area contributed by atoms with E-state index in [0.29, 0.717) is 12.5 Å². The first kappa shape index (κ1) is 12.8. The minimum atomic E-state index is -3.07. The summed E-state index contributed by atoms with van der Waals surface area (Å²) >= 11 is 0. The van der Waals surface area contributed by atoms with Gasteiger partial charge >= 0.3 is 0 Å². The van der Waals surface area contributed by atoms with Crippen molar-refractivity contribution in [2.24, 2.45) is 0 Å². The highest BCUT2D eigenvalue weighted by Gasteiger charge is 2.46. The van der Waals surface area contributed by atoms with Crippen molar-refractivity contribution in [3.63, 3.8) is 0 Å². The molecule has 1 saturated heterocycles. The highest BCUT2D eigenvalue weighted by atomic mass is 32.2. The summed E-state index contributed by atoms with van der Waals surface area (Å²) in [7, 11) is 2.66. The second-order valence-electron chi connectivity index (χ2n) is 5.65. The molecule has 0 saturated carbocycles. The Morgan fingerprint density at radius 2 is 2.11 bits per heavy atom. The average molecular weight is 282 g/mol. The van der Waals surface area contributed by atoms with E-state index in [-0.39, 0.29) is 16.9 Å². The standard InChI is InChI=1S/C12H18N4O2S/c1-15(2)12-13-4-8-7-19(17,18)10-6-16(3)5-9(10)11(8)14-12/h4,9-10H,5-7H2,1-3H3/t9-,10+/m0/s1. The zero-order valence-electron chi connectivity index (χ0n) is 11.4. The van der Waals surface area contributed by atoms with Crippen molar-refractivity contribution >= 4 is 15.8 Å². The lowest BCUT2D eigenvalue weighted by atomic mass is 10.00. The van der Waals surface area contributed by atoms with Gasteiger partial charge in [-0.1, -0.05) is 0 Å². The Kier molecular flexibility index (Phi) is 2.79. The molecule has 0 aliphatic carbocycles. The first-order chi connectivity index (χ1) is 8.88. The summed E-state index contributed by atoms with van der Waals surface area (Å²) in [6.45, 7) is 1.36. The molecule has 2 aliphatic heterocycles. The van der Waals surface area contributed by atoms with Crippen LogP contribution in [-0.4, -0.2) is 62.8 Å². The Labute approximate surface area is 113 Å². The van der Waals surface area contributed by atoms with E-state index in [1.54, 1.807) is 6.20 Å². The molecule has 0 N–H and O–H groups in total. The first-order valence-corrected chi connectivity index (χ1v) is 8.03. The van der Waals surface area contributed by atoms with Crippen molar-refractivity contribution in [2.45, 2.75) is 16.9 Å². The van der Waals surface area contributed by atoms with Crippen molar-refractivity contribution in [1.82, 2.24) is 14.9 Å². The van der Waals surface area contributed by atoms with Gasteiger partial charge < -0.3 is 9.80 Å². The smallest absolute Gasteiger partial charge is 0.225 e. The molecular weight excluding hydrogens is 264 g/mol. The zero-order chi connectivity index (χ0) is 13.8. The minimum Gasteiger partial charge on any atom is -0.347 e. The summed E-state index contributed by atoms with van der Waals surface area (Å²) in [6.07, 6.45) is 1.67. The third-order valence-electron chi connectivity index (χ3n) is 3.90. The number of aromatic nitrogens is 2. The lowest BCUT2D eigenvalue weighted by molar-refractivity contribution is 0.410. The number of anilines is 1. The van der Waals surface area contributed by atoms with Gasteiger partial charge in [0.15, 0.2) is 9.84 Å². The molecule has 0 unspecified atom stereocenters. The number of likely N-dealkylation sites (tertiary alicyclic amines) is 1. The number of likely N-dealkylation sites (N-methyl/N-ethyl adjacent to an activating group) is 1. The molecule has 6 nitrogen and oxygen atoms in total. The van der Waals surface area contributed by atoms with Crippen LogP contribution in [0.1, 0.15) is 17.2 Å². The monoisotopic (exact) mass is 282 g/mol. The van der Waals surface area contributed by atoms with E-state index in [2.05, 4.69) is 14.9 Å². The van der Waals surface area contributed by atoms with Crippen LogP contribution in [0.4, 0.5) is 5.95 Å². The van der Waals surface area contributed by atoms with Gasteiger partial charge in [0.1, 0.15) is 0 Å². The average Bonchev–Trinajstić information content (AvgIpc) is 2.71. The van der Waals surface area contributed by atoms with Gasteiger partial charge in [0.05, 0.1) is 16.7 Å². The maximum absolute atomic E-state index is 12.3. The molecule has 0 bridgehead atoms. The molecule has 1 fully saturated rings. The van der Waals surface area contributed by atoms with Gasteiger partial charge in [0.25, 0.3) is 0 Å². The van der Waals surface area contributed by atoms with E-state index >= 15 is 0 Å². The number of hydrogen-bond acceptors (Lipinski definition) is 6. The normalized spacial score (nSPS) is 28.8.